The molecule has 1 aromatic heterocycles. The maximum absolute atomic E-state index is 11.9. The lowest BCUT2D eigenvalue weighted by molar-refractivity contribution is -0.274. The van der Waals surface area contributed by atoms with Gasteiger partial charge in [-0.25, -0.2) is 4.98 Å². The molecule has 0 saturated carbocycles. The van der Waals surface area contributed by atoms with Crippen LogP contribution < -0.4 is 10.5 Å². The second kappa shape index (κ2) is 4.06. The van der Waals surface area contributed by atoms with Gasteiger partial charge in [0.2, 0.25) is 0 Å². The number of carbonyl (C=O) groups is 1. The van der Waals surface area contributed by atoms with Crippen molar-refractivity contribution in [3.05, 3.63) is 17.5 Å². The van der Waals surface area contributed by atoms with Gasteiger partial charge in [-0.15, -0.1) is 13.2 Å². The third-order valence-electron chi connectivity index (χ3n) is 1.56. The fourth-order valence-electron chi connectivity index (χ4n) is 0.936. The van der Waals surface area contributed by atoms with E-state index in [1.807, 2.05) is 0 Å². The maximum Gasteiger partial charge on any atom is 0.573 e. The van der Waals surface area contributed by atoms with Crippen LogP contribution in [0.2, 0.25) is 0 Å². The van der Waals surface area contributed by atoms with E-state index in [9.17, 15) is 18.0 Å². The summed E-state index contributed by atoms with van der Waals surface area (Å²) in [6.45, 7) is 0. The first-order chi connectivity index (χ1) is 7.39. The number of alkyl halides is 3. The van der Waals surface area contributed by atoms with E-state index in [4.69, 9.17) is 11.0 Å². The smallest absolute Gasteiger partial charge is 0.402 e. The van der Waals surface area contributed by atoms with E-state index >= 15 is 0 Å². The van der Waals surface area contributed by atoms with Gasteiger partial charge in [0.25, 0.3) is 0 Å². The van der Waals surface area contributed by atoms with Crippen molar-refractivity contribution in [3.63, 3.8) is 0 Å². The molecular formula is C8H4F3N3O2. The zero-order chi connectivity index (χ0) is 12.3. The van der Waals surface area contributed by atoms with Gasteiger partial charge < -0.3 is 10.5 Å². The van der Waals surface area contributed by atoms with Gasteiger partial charge in [0.1, 0.15) is 17.3 Å². The lowest BCUT2D eigenvalue weighted by atomic mass is 10.2. The number of hydrogen-bond donors (Lipinski definition) is 1. The average molecular weight is 231 g/mol. The number of ether oxygens (including phenoxy) is 1. The number of anilines is 1. The first kappa shape index (κ1) is 11.8. The Morgan fingerprint density at radius 1 is 1.56 bits per heavy atom. The summed E-state index contributed by atoms with van der Waals surface area (Å²) in [7, 11) is 0. The Balaban J connectivity index is 3.26. The standard InChI is InChI=1S/C8H4F3N3O2/c9-8(10,11)16-6-2-14-5(3-15)4(1-12)7(6)13/h2-3H,(H2,13,14). The predicted molar refractivity (Wildman–Crippen MR) is 45.4 cm³/mol. The van der Waals surface area contributed by atoms with Gasteiger partial charge >= 0.3 is 6.36 Å². The number of nitrogens with two attached hydrogens (primary N) is 1. The van der Waals surface area contributed by atoms with Crippen LogP contribution in [-0.2, 0) is 0 Å². The van der Waals surface area contributed by atoms with E-state index in [2.05, 4.69) is 9.72 Å². The van der Waals surface area contributed by atoms with Crippen molar-refractivity contribution in [1.82, 2.24) is 4.98 Å². The molecule has 0 bridgehead atoms. The van der Waals surface area contributed by atoms with E-state index in [0.717, 1.165) is 0 Å². The van der Waals surface area contributed by atoms with Crippen LogP contribution in [0.4, 0.5) is 18.9 Å². The van der Waals surface area contributed by atoms with Crippen molar-refractivity contribution in [2.24, 2.45) is 0 Å². The monoisotopic (exact) mass is 231 g/mol. The summed E-state index contributed by atoms with van der Waals surface area (Å²) in [5, 5.41) is 8.59. The molecule has 0 aliphatic carbocycles. The van der Waals surface area contributed by atoms with Crippen LogP contribution in [0.1, 0.15) is 16.1 Å². The Bertz CT molecular complexity index is 465. The van der Waals surface area contributed by atoms with E-state index < -0.39 is 23.4 Å². The molecule has 1 aromatic rings. The number of nitrogen functional groups attached to an aromatic ring is 1. The van der Waals surface area contributed by atoms with Crippen LogP contribution in [0.15, 0.2) is 6.20 Å². The molecule has 0 aliphatic heterocycles. The molecule has 0 unspecified atom stereocenters. The van der Waals surface area contributed by atoms with Gasteiger partial charge in [-0.1, -0.05) is 0 Å². The Morgan fingerprint density at radius 2 is 2.19 bits per heavy atom. The number of aldehydes is 1. The number of aromatic nitrogens is 1. The third-order valence-corrected chi connectivity index (χ3v) is 1.56. The van der Waals surface area contributed by atoms with Gasteiger partial charge in [-0.05, 0) is 0 Å². The molecular weight excluding hydrogens is 227 g/mol. The maximum atomic E-state index is 11.9. The van der Waals surface area contributed by atoms with Gasteiger partial charge in [0.15, 0.2) is 12.0 Å². The van der Waals surface area contributed by atoms with Gasteiger partial charge in [-0.3, -0.25) is 4.79 Å². The lowest BCUT2D eigenvalue weighted by Crippen LogP contribution is -2.19. The summed E-state index contributed by atoms with van der Waals surface area (Å²) in [6, 6.07) is 1.47. The number of nitriles is 1. The first-order valence-electron chi connectivity index (χ1n) is 3.78. The molecule has 0 atom stereocenters. The molecule has 8 heteroatoms. The predicted octanol–water partition coefficient (Wildman–Crippen LogP) is 1.25. The molecule has 0 spiro atoms. The highest BCUT2D eigenvalue weighted by molar-refractivity contribution is 5.81. The largest absolute Gasteiger partial charge is 0.573 e. The lowest BCUT2D eigenvalue weighted by Gasteiger charge is -2.11. The molecule has 16 heavy (non-hydrogen) atoms. The molecule has 2 N–H and O–H groups in total. The molecule has 0 amide bonds. The minimum atomic E-state index is -4.94. The first-order valence-corrected chi connectivity index (χ1v) is 3.78. The van der Waals surface area contributed by atoms with E-state index in [0.29, 0.717) is 6.20 Å². The fourth-order valence-corrected chi connectivity index (χ4v) is 0.936. The molecule has 5 nitrogen and oxygen atoms in total. The minimum absolute atomic E-state index is 0.215. The molecule has 0 radical (unpaired) electrons. The van der Waals surface area contributed by atoms with E-state index in [-0.39, 0.29) is 12.0 Å². The van der Waals surface area contributed by atoms with Crippen molar-refractivity contribution in [1.29, 1.82) is 5.26 Å². The highest BCUT2D eigenvalue weighted by atomic mass is 19.4. The summed E-state index contributed by atoms with van der Waals surface area (Å²) in [6.07, 6.45) is -4.09. The Kier molecular flexibility index (Phi) is 2.99. The topological polar surface area (TPSA) is 89.0 Å². The summed E-state index contributed by atoms with van der Waals surface area (Å²) < 4.78 is 39.2. The fraction of sp³-hybridized carbons (Fsp3) is 0.125. The highest BCUT2D eigenvalue weighted by Crippen LogP contribution is 2.30. The number of halogens is 3. The third kappa shape index (κ3) is 2.38. The molecule has 84 valence electrons. The molecule has 0 fully saturated rings. The summed E-state index contributed by atoms with van der Waals surface area (Å²) in [5.74, 6) is -0.811. The Morgan fingerprint density at radius 3 is 2.62 bits per heavy atom. The van der Waals surface area contributed by atoms with E-state index in [1.165, 1.54) is 6.07 Å². The molecule has 1 heterocycles. The van der Waals surface area contributed by atoms with Gasteiger partial charge in [0, 0.05) is 0 Å². The summed E-state index contributed by atoms with van der Waals surface area (Å²) in [5.41, 5.74) is 3.87. The molecule has 0 aliphatic rings. The Hall–Kier alpha value is -2.30. The van der Waals surface area contributed by atoms with Crippen LogP contribution in [-0.4, -0.2) is 17.6 Å². The molecule has 0 aromatic carbocycles. The Labute approximate surface area is 87.3 Å². The van der Waals surface area contributed by atoms with Crippen molar-refractivity contribution in [2.75, 3.05) is 5.73 Å². The normalized spacial score (nSPS) is 10.6. The number of nitrogens with zero attached hydrogens (tertiary/aromatic N) is 2. The second-order valence-electron chi connectivity index (χ2n) is 2.57. The van der Waals surface area contributed by atoms with Crippen molar-refractivity contribution >= 4 is 12.0 Å². The summed E-state index contributed by atoms with van der Waals surface area (Å²) in [4.78, 5) is 13.7. The SMILES string of the molecule is N#Cc1c(C=O)ncc(OC(F)(F)F)c1N. The van der Waals surface area contributed by atoms with Crippen LogP contribution in [0.3, 0.4) is 0 Å². The summed E-state index contributed by atoms with van der Waals surface area (Å²) >= 11 is 0. The molecule has 1 rings (SSSR count). The highest BCUT2D eigenvalue weighted by Gasteiger charge is 2.32. The van der Waals surface area contributed by atoms with Crippen LogP contribution in [0, 0.1) is 11.3 Å². The zero-order valence-corrected chi connectivity index (χ0v) is 7.58. The average Bonchev–Trinajstić information content (AvgIpc) is 2.19. The van der Waals surface area contributed by atoms with Crippen LogP contribution in [0.5, 0.6) is 5.75 Å². The number of pyridine rings is 1. The second-order valence-corrected chi connectivity index (χ2v) is 2.57. The van der Waals surface area contributed by atoms with Gasteiger partial charge in [0.05, 0.1) is 11.9 Å². The minimum Gasteiger partial charge on any atom is -0.402 e. The molecule has 0 saturated heterocycles. The zero-order valence-electron chi connectivity index (χ0n) is 7.58. The number of rotatable bonds is 2. The van der Waals surface area contributed by atoms with E-state index in [1.54, 1.807) is 0 Å². The van der Waals surface area contributed by atoms with Gasteiger partial charge in [-0.2, -0.15) is 5.26 Å². The van der Waals surface area contributed by atoms with Crippen LogP contribution in [0.25, 0.3) is 0 Å². The number of hydrogen-bond acceptors (Lipinski definition) is 5. The quantitative estimate of drug-likeness (QED) is 0.773. The van der Waals surface area contributed by atoms with Crippen molar-refractivity contribution in [3.8, 4) is 11.8 Å². The van der Waals surface area contributed by atoms with Crippen LogP contribution >= 0.6 is 0 Å². The van der Waals surface area contributed by atoms with Crippen molar-refractivity contribution < 1.29 is 22.7 Å². The number of carbonyl (C=O) groups excluding carboxylic acids is 1. The van der Waals surface area contributed by atoms with Crippen molar-refractivity contribution in [2.45, 2.75) is 6.36 Å².